The van der Waals surface area contributed by atoms with Crippen LogP contribution in [0.25, 0.3) is 11.3 Å². The number of nitrogens with two attached hydrogens (primary N) is 1. The Morgan fingerprint density at radius 1 is 0.929 bits per heavy atom. The molecule has 8 nitrogen and oxygen atoms in total. The Morgan fingerprint density at radius 3 is 2.07 bits per heavy atom. The molecule has 1 fully saturated rings. The van der Waals surface area contributed by atoms with Crippen molar-refractivity contribution in [1.82, 2.24) is 9.69 Å². The van der Waals surface area contributed by atoms with Crippen LogP contribution in [-0.2, 0) is 4.79 Å². The summed E-state index contributed by atoms with van der Waals surface area (Å²) in [4.78, 5) is 30.6. The highest BCUT2D eigenvalue weighted by molar-refractivity contribution is 7.09. The van der Waals surface area contributed by atoms with Crippen molar-refractivity contribution in [2.24, 2.45) is 0 Å². The van der Waals surface area contributed by atoms with E-state index in [1.165, 1.54) is 0 Å². The van der Waals surface area contributed by atoms with Crippen molar-refractivity contribution in [2.75, 3.05) is 24.9 Å². The van der Waals surface area contributed by atoms with Crippen molar-refractivity contribution in [1.29, 1.82) is 0 Å². The molecular weight excluding hydrogens is 548 g/mol. The molecule has 3 aromatic carbocycles. The number of rotatable bonds is 9. The lowest BCUT2D eigenvalue weighted by atomic mass is 10.0. The summed E-state index contributed by atoms with van der Waals surface area (Å²) in [6.07, 6.45) is 3.99. The third kappa shape index (κ3) is 6.11. The molecule has 4 aromatic rings. The van der Waals surface area contributed by atoms with Crippen molar-refractivity contribution >= 4 is 34.7 Å². The topological polar surface area (TPSA) is 107 Å². The average Bonchev–Trinajstić information content (AvgIpc) is 3.64. The van der Waals surface area contributed by atoms with Crippen molar-refractivity contribution < 1.29 is 19.1 Å². The molecule has 1 unspecified atom stereocenters. The molecule has 0 bridgehead atoms. The van der Waals surface area contributed by atoms with Gasteiger partial charge in [-0.25, -0.2) is 0 Å². The SMILES string of the molecule is COc1ccc(-c2nsc(C(=O)N(c3cc(C)cc(C)c3)C(C(=O)NC3CCCC3)c3ccc(OC)cc3)c2N)cc1. The highest BCUT2D eigenvalue weighted by atomic mass is 32.1. The van der Waals surface area contributed by atoms with Crippen molar-refractivity contribution in [2.45, 2.75) is 51.6 Å². The fourth-order valence-corrected chi connectivity index (χ4v) is 6.30. The number of aryl methyl sites for hydroxylation is 2. The van der Waals surface area contributed by atoms with Crippen LogP contribution in [0, 0.1) is 13.8 Å². The van der Waals surface area contributed by atoms with Crippen molar-refractivity contribution in [3.8, 4) is 22.8 Å². The number of hydrogen-bond acceptors (Lipinski definition) is 7. The Bertz CT molecular complexity index is 1540. The number of aromatic nitrogens is 1. The second kappa shape index (κ2) is 12.7. The van der Waals surface area contributed by atoms with Gasteiger partial charge in [-0.05, 0) is 103 Å². The Balaban J connectivity index is 1.63. The van der Waals surface area contributed by atoms with Gasteiger partial charge in [-0.2, -0.15) is 4.37 Å². The smallest absolute Gasteiger partial charge is 0.273 e. The first-order valence-corrected chi connectivity index (χ1v) is 14.8. The minimum atomic E-state index is -0.948. The molecular formula is C33H36N4O4S. The van der Waals surface area contributed by atoms with Gasteiger partial charge >= 0.3 is 0 Å². The van der Waals surface area contributed by atoms with Gasteiger partial charge in [0.1, 0.15) is 28.1 Å². The zero-order valence-corrected chi connectivity index (χ0v) is 25.2. The summed E-state index contributed by atoms with van der Waals surface area (Å²) in [5.41, 5.74) is 11.4. The second-order valence-corrected chi connectivity index (χ2v) is 11.5. The summed E-state index contributed by atoms with van der Waals surface area (Å²) in [6, 6.07) is 19.6. The van der Waals surface area contributed by atoms with Crippen LogP contribution in [0.4, 0.5) is 11.4 Å². The van der Waals surface area contributed by atoms with E-state index < -0.39 is 11.9 Å². The molecule has 0 saturated heterocycles. The maximum atomic E-state index is 14.6. The Kier molecular flexibility index (Phi) is 8.77. The monoisotopic (exact) mass is 584 g/mol. The zero-order valence-electron chi connectivity index (χ0n) is 24.3. The van der Waals surface area contributed by atoms with Gasteiger partial charge in [-0.1, -0.05) is 31.0 Å². The molecule has 2 amide bonds. The van der Waals surface area contributed by atoms with E-state index >= 15 is 0 Å². The fraction of sp³-hybridized carbons (Fsp3) is 0.303. The molecule has 3 N–H and O–H groups in total. The number of benzene rings is 3. The quantitative estimate of drug-likeness (QED) is 0.233. The molecule has 0 aliphatic heterocycles. The van der Waals surface area contributed by atoms with Gasteiger partial charge in [0, 0.05) is 17.3 Å². The highest BCUT2D eigenvalue weighted by Crippen LogP contribution is 2.37. The van der Waals surface area contributed by atoms with Gasteiger partial charge in [0.25, 0.3) is 5.91 Å². The largest absolute Gasteiger partial charge is 0.497 e. The van der Waals surface area contributed by atoms with Crippen LogP contribution in [-0.4, -0.2) is 36.4 Å². The standard InChI is InChI=1S/C33H36N4O4S/c1-20-17-21(2)19-25(18-20)37(33(39)31-28(34)29(36-42-31)22-9-13-26(40-3)14-10-22)30(23-11-15-27(41-4)16-12-23)32(38)35-24-7-5-6-8-24/h9-19,24,30H,5-8,34H2,1-4H3,(H,35,38). The van der Waals surface area contributed by atoms with Gasteiger partial charge < -0.3 is 20.5 Å². The molecule has 1 atom stereocenters. The number of methoxy groups -OCH3 is 2. The molecule has 1 heterocycles. The first-order valence-electron chi connectivity index (χ1n) is 14.0. The molecule has 42 heavy (non-hydrogen) atoms. The number of carbonyl (C=O) groups excluding carboxylic acids is 2. The lowest BCUT2D eigenvalue weighted by molar-refractivity contribution is -0.123. The molecule has 1 saturated carbocycles. The van der Waals surface area contributed by atoms with Crippen LogP contribution in [0.5, 0.6) is 11.5 Å². The molecule has 0 radical (unpaired) electrons. The maximum absolute atomic E-state index is 14.6. The van der Waals surface area contributed by atoms with Crippen LogP contribution in [0.3, 0.4) is 0 Å². The van der Waals surface area contributed by atoms with E-state index in [1.807, 2.05) is 68.4 Å². The molecule has 218 valence electrons. The molecule has 0 spiro atoms. The average molecular weight is 585 g/mol. The van der Waals surface area contributed by atoms with E-state index in [0.29, 0.717) is 28.4 Å². The van der Waals surface area contributed by atoms with Gasteiger partial charge in [0.05, 0.1) is 19.9 Å². The van der Waals surface area contributed by atoms with Gasteiger partial charge in [-0.15, -0.1) is 0 Å². The predicted molar refractivity (Wildman–Crippen MR) is 167 cm³/mol. The van der Waals surface area contributed by atoms with E-state index in [4.69, 9.17) is 15.2 Å². The number of amides is 2. The van der Waals surface area contributed by atoms with Crippen LogP contribution >= 0.6 is 11.5 Å². The van der Waals surface area contributed by atoms with Crippen molar-refractivity contribution in [3.05, 3.63) is 88.3 Å². The van der Waals surface area contributed by atoms with Crippen LogP contribution in [0.2, 0.25) is 0 Å². The summed E-state index contributed by atoms with van der Waals surface area (Å²) in [5.74, 6) is 0.740. The number of hydrogen-bond donors (Lipinski definition) is 2. The molecule has 1 aromatic heterocycles. The maximum Gasteiger partial charge on any atom is 0.273 e. The van der Waals surface area contributed by atoms with Crippen molar-refractivity contribution in [3.63, 3.8) is 0 Å². The second-order valence-electron chi connectivity index (χ2n) is 10.7. The molecule has 1 aliphatic carbocycles. The zero-order chi connectivity index (χ0) is 29.8. The minimum absolute atomic E-state index is 0.0737. The highest BCUT2D eigenvalue weighted by Gasteiger charge is 2.37. The Hall–Kier alpha value is -4.37. The Morgan fingerprint density at radius 2 is 1.50 bits per heavy atom. The van der Waals surface area contributed by atoms with E-state index in [2.05, 4.69) is 9.69 Å². The summed E-state index contributed by atoms with van der Waals surface area (Å²) in [6.45, 7) is 3.95. The number of nitrogens with one attached hydrogen (secondary N) is 1. The summed E-state index contributed by atoms with van der Waals surface area (Å²) >= 11 is 1.03. The van der Waals surface area contributed by atoms with Crippen LogP contribution < -0.4 is 25.4 Å². The van der Waals surface area contributed by atoms with E-state index in [9.17, 15) is 9.59 Å². The molecule has 5 rings (SSSR count). The number of ether oxygens (including phenoxy) is 2. The Labute approximate surface area is 250 Å². The lowest BCUT2D eigenvalue weighted by Gasteiger charge is -2.32. The third-order valence-corrected chi connectivity index (χ3v) is 8.48. The first-order chi connectivity index (χ1) is 20.3. The van der Waals surface area contributed by atoms with Gasteiger partial charge in [-0.3, -0.25) is 14.5 Å². The normalized spacial score (nSPS) is 13.9. The number of nitrogen functional groups attached to an aromatic ring is 1. The fourth-order valence-electron chi connectivity index (χ4n) is 5.55. The number of carbonyl (C=O) groups is 2. The summed E-state index contributed by atoms with van der Waals surface area (Å²) in [5, 5.41) is 3.23. The van der Waals surface area contributed by atoms with Crippen LogP contribution in [0.15, 0.2) is 66.7 Å². The summed E-state index contributed by atoms with van der Waals surface area (Å²) < 4.78 is 15.2. The first kappa shape index (κ1) is 29.1. The van der Waals surface area contributed by atoms with Crippen LogP contribution in [0.1, 0.15) is 58.1 Å². The van der Waals surface area contributed by atoms with E-state index in [-0.39, 0.29) is 22.5 Å². The van der Waals surface area contributed by atoms with Gasteiger partial charge in [0.2, 0.25) is 5.91 Å². The molecule has 1 aliphatic rings. The third-order valence-electron chi connectivity index (χ3n) is 7.63. The minimum Gasteiger partial charge on any atom is -0.497 e. The lowest BCUT2D eigenvalue weighted by Crippen LogP contribution is -2.46. The number of nitrogens with zero attached hydrogens (tertiary/aromatic N) is 2. The van der Waals surface area contributed by atoms with E-state index in [1.54, 1.807) is 31.3 Å². The predicted octanol–water partition coefficient (Wildman–Crippen LogP) is 6.47. The van der Waals surface area contributed by atoms with E-state index in [0.717, 1.165) is 53.9 Å². The molecule has 9 heteroatoms. The van der Waals surface area contributed by atoms with Gasteiger partial charge in [0.15, 0.2) is 0 Å². The number of anilines is 2. The summed E-state index contributed by atoms with van der Waals surface area (Å²) in [7, 11) is 3.20.